The number of hydrogen-bond acceptors (Lipinski definition) is 0. The molecule has 0 amide bonds. The van der Waals surface area contributed by atoms with Gasteiger partial charge in [-0.25, -0.2) is 0 Å². The Morgan fingerprint density at radius 3 is 1.94 bits per heavy atom. The molecule has 1 aliphatic rings. The summed E-state index contributed by atoms with van der Waals surface area (Å²) in [7, 11) is 0. The summed E-state index contributed by atoms with van der Waals surface area (Å²) in [4.78, 5) is 0. The number of hydrogen-bond donors (Lipinski definition) is 0. The first-order chi connectivity index (χ1) is 7.80. The topological polar surface area (TPSA) is 0 Å². The van der Waals surface area contributed by atoms with Crippen molar-refractivity contribution in [1.29, 1.82) is 0 Å². The van der Waals surface area contributed by atoms with Crippen LogP contribution < -0.4 is 0 Å². The lowest BCUT2D eigenvalue weighted by molar-refractivity contribution is 0.511. The second-order valence-corrected chi connectivity index (χ2v) is 5.61. The molecule has 0 saturated carbocycles. The molecular formula is C16H30. The minimum atomic E-state index is 0.822. The normalized spacial score (nSPS) is 30.1. The van der Waals surface area contributed by atoms with Gasteiger partial charge in [-0.1, -0.05) is 69.9 Å². The van der Waals surface area contributed by atoms with Crippen LogP contribution in [0.15, 0.2) is 11.6 Å². The summed E-state index contributed by atoms with van der Waals surface area (Å²) in [5.74, 6) is 0.822. The molecule has 1 unspecified atom stereocenters. The summed E-state index contributed by atoms with van der Waals surface area (Å²) in [6.45, 7) is 4.73. The van der Waals surface area contributed by atoms with Crippen molar-refractivity contribution in [3.05, 3.63) is 11.6 Å². The molecule has 0 aromatic rings. The molecule has 1 atom stereocenters. The summed E-state index contributed by atoms with van der Waals surface area (Å²) in [6.07, 6.45) is 18.3. The van der Waals surface area contributed by atoms with E-state index in [1.807, 2.05) is 0 Å². The molecule has 94 valence electrons. The molecule has 16 heavy (non-hydrogen) atoms. The summed E-state index contributed by atoms with van der Waals surface area (Å²) in [5.41, 5.74) is 1.64. The van der Waals surface area contributed by atoms with Gasteiger partial charge in [0.15, 0.2) is 0 Å². The first kappa shape index (κ1) is 13.8. The lowest BCUT2D eigenvalue weighted by Crippen LogP contribution is -1.97. The predicted molar refractivity (Wildman–Crippen MR) is 73.7 cm³/mol. The van der Waals surface area contributed by atoms with Crippen molar-refractivity contribution >= 4 is 0 Å². The SMILES string of the molecule is C/C1=C\CCCCCCCCCCCC1C. The highest BCUT2D eigenvalue weighted by molar-refractivity contribution is 5.01. The van der Waals surface area contributed by atoms with Gasteiger partial charge in [0, 0.05) is 0 Å². The average Bonchev–Trinajstić information content (AvgIpc) is 2.29. The van der Waals surface area contributed by atoms with Crippen LogP contribution in [0.5, 0.6) is 0 Å². The van der Waals surface area contributed by atoms with Crippen molar-refractivity contribution in [1.82, 2.24) is 0 Å². The van der Waals surface area contributed by atoms with Crippen molar-refractivity contribution in [3.8, 4) is 0 Å². The molecule has 0 bridgehead atoms. The van der Waals surface area contributed by atoms with Gasteiger partial charge in [0.25, 0.3) is 0 Å². The molecular weight excluding hydrogens is 192 g/mol. The molecule has 1 aliphatic carbocycles. The van der Waals surface area contributed by atoms with Gasteiger partial charge in [-0.15, -0.1) is 0 Å². The Morgan fingerprint density at radius 2 is 1.31 bits per heavy atom. The molecule has 0 saturated heterocycles. The van der Waals surface area contributed by atoms with Gasteiger partial charge in [0.05, 0.1) is 0 Å². The molecule has 0 heteroatoms. The quantitative estimate of drug-likeness (QED) is 0.449. The van der Waals surface area contributed by atoms with Crippen LogP contribution in [0.25, 0.3) is 0 Å². The first-order valence-corrected chi connectivity index (χ1v) is 7.47. The largest absolute Gasteiger partial charge is 0.0853 e. The van der Waals surface area contributed by atoms with Crippen molar-refractivity contribution < 1.29 is 0 Å². The van der Waals surface area contributed by atoms with Gasteiger partial charge in [0.2, 0.25) is 0 Å². The Hall–Kier alpha value is -0.260. The van der Waals surface area contributed by atoms with E-state index < -0.39 is 0 Å². The maximum atomic E-state index is 2.50. The molecule has 0 nitrogen and oxygen atoms in total. The molecule has 1 rings (SSSR count). The molecule has 0 heterocycles. The predicted octanol–water partition coefficient (Wildman–Crippen LogP) is 5.87. The third kappa shape index (κ3) is 6.35. The summed E-state index contributed by atoms with van der Waals surface area (Å²) < 4.78 is 0. The highest BCUT2D eigenvalue weighted by Gasteiger charge is 2.04. The standard InChI is InChI=1S/C16H30/c1-15-13-11-9-7-5-3-4-6-8-10-12-14-16(15)2/h13,16H,3-12,14H2,1-2H3/b15-13+. The third-order valence-electron chi connectivity index (χ3n) is 4.08. The minimum Gasteiger partial charge on any atom is -0.0853 e. The van der Waals surface area contributed by atoms with Gasteiger partial charge in [-0.3, -0.25) is 0 Å². The van der Waals surface area contributed by atoms with Gasteiger partial charge >= 0.3 is 0 Å². The maximum Gasteiger partial charge on any atom is -0.0234 e. The lowest BCUT2D eigenvalue weighted by Gasteiger charge is -2.13. The molecule has 0 aromatic carbocycles. The lowest BCUT2D eigenvalue weighted by atomic mass is 9.93. The van der Waals surface area contributed by atoms with E-state index in [2.05, 4.69) is 19.9 Å². The van der Waals surface area contributed by atoms with Crippen molar-refractivity contribution in [2.75, 3.05) is 0 Å². The molecule has 0 fully saturated rings. The smallest absolute Gasteiger partial charge is 0.0234 e. The summed E-state index contributed by atoms with van der Waals surface area (Å²) in [5, 5.41) is 0. The van der Waals surface area contributed by atoms with Crippen LogP contribution in [-0.4, -0.2) is 0 Å². The van der Waals surface area contributed by atoms with Crippen LogP contribution in [0, 0.1) is 5.92 Å². The molecule has 0 N–H and O–H groups in total. The highest BCUT2D eigenvalue weighted by atomic mass is 14.1. The van der Waals surface area contributed by atoms with E-state index in [9.17, 15) is 0 Å². The molecule has 0 spiro atoms. The molecule has 0 aliphatic heterocycles. The van der Waals surface area contributed by atoms with E-state index in [1.165, 1.54) is 70.6 Å². The van der Waals surface area contributed by atoms with E-state index in [0.717, 1.165) is 5.92 Å². The number of allylic oxidation sites excluding steroid dienone is 2. The van der Waals surface area contributed by atoms with Crippen LogP contribution in [0.2, 0.25) is 0 Å². The van der Waals surface area contributed by atoms with Crippen molar-refractivity contribution in [2.24, 2.45) is 5.92 Å². The minimum absolute atomic E-state index is 0.822. The van der Waals surface area contributed by atoms with Crippen LogP contribution in [0.1, 0.15) is 84.5 Å². The Labute approximate surface area is 103 Å². The van der Waals surface area contributed by atoms with Crippen LogP contribution in [-0.2, 0) is 0 Å². The van der Waals surface area contributed by atoms with E-state index in [-0.39, 0.29) is 0 Å². The Bertz CT molecular complexity index is 190. The maximum absolute atomic E-state index is 2.50. The molecule has 0 radical (unpaired) electrons. The monoisotopic (exact) mass is 222 g/mol. The Kier molecular flexibility index (Phi) is 7.63. The number of rotatable bonds is 0. The Morgan fingerprint density at radius 1 is 0.812 bits per heavy atom. The fraction of sp³-hybridized carbons (Fsp3) is 0.875. The summed E-state index contributed by atoms with van der Waals surface area (Å²) in [6, 6.07) is 0. The third-order valence-corrected chi connectivity index (χ3v) is 4.08. The summed E-state index contributed by atoms with van der Waals surface area (Å²) >= 11 is 0. The van der Waals surface area contributed by atoms with Gasteiger partial charge < -0.3 is 0 Å². The second kappa shape index (κ2) is 8.84. The van der Waals surface area contributed by atoms with Gasteiger partial charge in [-0.05, 0) is 32.1 Å². The van der Waals surface area contributed by atoms with E-state index in [1.54, 1.807) is 5.57 Å². The Balaban J connectivity index is 2.32. The van der Waals surface area contributed by atoms with E-state index in [0.29, 0.717) is 0 Å². The highest BCUT2D eigenvalue weighted by Crippen LogP contribution is 2.20. The molecule has 0 aromatic heterocycles. The zero-order valence-electron chi connectivity index (χ0n) is 11.4. The zero-order valence-corrected chi connectivity index (χ0v) is 11.4. The van der Waals surface area contributed by atoms with Gasteiger partial charge in [-0.2, -0.15) is 0 Å². The second-order valence-electron chi connectivity index (χ2n) is 5.61. The van der Waals surface area contributed by atoms with Crippen LogP contribution in [0.3, 0.4) is 0 Å². The van der Waals surface area contributed by atoms with E-state index in [4.69, 9.17) is 0 Å². The van der Waals surface area contributed by atoms with Gasteiger partial charge in [0.1, 0.15) is 0 Å². The first-order valence-electron chi connectivity index (χ1n) is 7.47. The average molecular weight is 222 g/mol. The zero-order chi connectivity index (χ0) is 11.6. The van der Waals surface area contributed by atoms with Crippen LogP contribution >= 0.6 is 0 Å². The van der Waals surface area contributed by atoms with E-state index >= 15 is 0 Å². The fourth-order valence-corrected chi connectivity index (χ4v) is 2.59. The van der Waals surface area contributed by atoms with Crippen molar-refractivity contribution in [2.45, 2.75) is 84.5 Å². The van der Waals surface area contributed by atoms with Crippen molar-refractivity contribution in [3.63, 3.8) is 0 Å². The fourth-order valence-electron chi connectivity index (χ4n) is 2.59. The van der Waals surface area contributed by atoms with Crippen LogP contribution in [0.4, 0.5) is 0 Å².